The van der Waals surface area contributed by atoms with Gasteiger partial charge in [-0.2, -0.15) is 0 Å². The number of halogens is 1. The molecule has 30 heavy (non-hydrogen) atoms. The molecule has 0 atom stereocenters. The molecule has 0 radical (unpaired) electrons. The Kier molecular flexibility index (Phi) is 5.81. The van der Waals surface area contributed by atoms with Gasteiger partial charge in [0.1, 0.15) is 5.65 Å². The van der Waals surface area contributed by atoms with Crippen LogP contribution >= 0.6 is 11.6 Å². The van der Waals surface area contributed by atoms with E-state index in [0.717, 1.165) is 31.0 Å². The zero-order valence-corrected chi connectivity index (χ0v) is 18.2. The van der Waals surface area contributed by atoms with Gasteiger partial charge in [-0.25, -0.2) is 13.4 Å². The van der Waals surface area contributed by atoms with Crippen LogP contribution in [-0.4, -0.2) is 65.9 Å². The van der Waals surface area contributed by atoms with E-state index < -0.39 is 9.84 Å². The summed E-state index contributed by atoms with van der Waals surface area (Å²) in [7, 11) is -3.09. The van der Waals surface area contributed by atoms with Gasteiger partial charge in [-0.05, 0) is 29.8 Å². The van der Waals surface area contributed by atoms with Crippen LogP contribution in [0.2, 0.25) is 5.02 Å². The third-order valence-corrected chi connectivity index (χ3v) is 6.22. The van der Waals surface area contributed by atoms with Gasteiger partial charge in [-0.3, -0.25) is 9.69 Å². The molecule has 0 N–H and O–H groups in total. The minimum absolute atomic E-state index is 0.0184. The number of benzene rings is 1. The third kappa shape index (κ3) is 5.00. The summed E-state index contributed by atoms with van der Waals surface area (Å²) in [5, 5.41) is 0.669. The van der Waals surface area contributed by atoms with Crippen molar-refractivity contribution in [2.75, 3.05) is 32.4 Å². The van der Waals surface area contributed by atoms with Crippen molar-refractivity contribution in [2.45, 2.75) is 12.3 Å². The van der Waals surface area contributed by atoms with Gasteiger partial charge < -0.3 is 9.30 Å². The Bertz CT molecular complexity index is 1170. The van der Waals surface area contributed by atoms with Gasteiger partial charge in [-0.15, -0.1) is 0 Å². The number of hydrogen-bond acceptors (Lipinski definition) is 5. The number of fused-ring (bicyclic) bond motifs is 1. The van der Waals surface area contributed by atoms with Crippen molar-refractivity contribution < 1.29 is 13.2 Å². The molecule has 3 aromatic rings. The zero-order valence-electron chi connectivity index (χ0n) is 16.7. The predicted octanol–water partition coefficient (Wildman–Crippen LogP) is 2.49. The largest absolute Gasteiger partial charge is 0.336 e. The Morgan fingerprint density at radius 2 is 1.73 bits per heavy atom. The van der Waals surface area contributed by atoms with Crippen LogP contribution < -0.4 is 0 Å². The number of carbonyl (C=O) groups is 1. The van der Waals surface area contributed by atoms with Crippen LogP contribution in [0.5, 0.6) is 0 Å². The first kappa shape index (κ1) is 20.8. The number of pyridine rings is 1. The molecule has 0 spiro atoms. The Morgan fingerprint density at radius 1 is 1.03 bits per heavy atom. The lowest BCUT2D eigenvalue weighted by Gasteiger charge is -2.34. The summed E-state index contributed by atoms with van der Waals surface area (Å²) in [5.74, 6) is -0.0435. The lowest BCUT2D eigenvalue weighted by molar-refractivity contribution is 0.0627. The molecule has 9 heteroatoms. The van der Waals surface area contributed by atoms with Crippen molar-refractivity contribution in [3.8, 4) is 0 Å². The van der Waals surface area contributed by atoms with Gasteiger partial charge in [0, 0.05) is 56.9 Å². The number of imidazole rings is 1. The maximum atomic E-state index is 12.8. The van der Waals surface area contributed by atoms with Crippen molar-refractivity contribution in [3.05, 3.63) is 70.6 Å². The molecule has 0 bridgehead atoms. The second-order valence-corrected chi connectivity index (χ2v) is 10.3. The monoisotopic (exact) mass is 446 g/mol. The number of carbonyl (C=O) groups excluding carboxylic acids is 1. The van der Waals surface area contributed by atoms with E-state index in [2.05, 4.69) is 9.88 Å². The van der Waals surface area contributed by atoms with E-state index in [1.807, 2.05) is 33.8 Å². The van der Waals surface area contributed by atoms with E-state index in [4.69, 9.17) is 11.6 Å². The summed E-state index contributed by atoms with van der Waals surface area (Å²) < 4.78 is 24.7. The standard InChI is InChI=1S/C21H23ClN4O3S/c1-30(28,29)15-16-2-4-17(5-3-16)21(27)25-10-8-24(9-11-25)13-19-14-26-12-18(22)6-7-20(26)23-19/h2-7,12,14H,8-11,13,15H2,1H3. The Hall–Kier alpha value is -2.42. The molecule has 1 amide bonds. The molecule has 1 fully saturated rings. The molecule has 3 heterocycles. The zero-order chi connectivity index (χ0) is 21.3. The smallest absolute Gasteiger partial charge is 0.253 e. The highest BCUT2D eigenvalue weighted by Crippen LogP contribution is 2.15. The number of amides is 1. The number of hydrogen-bond donors (Lipinski definition) is 0. The van der Waals surface area contributed by atoms with Crippen LogP contribution in [0.25, 0.3) is 5.65 Å². The third-order valence-electron chi connectivity index (χ3n) is 5.14. The maximum Gasteiger partial charge on any atom is 0.253 e. The van der Waals surface area contributed by atoms with Gasteiger partial charge in [-0.1, -0.05) is 23.7 Å². The summed E-state index contributed by atoms with van der Waals surface area (Å²) in [6.07, 6.45) is 5.02. The second-order valence-electron chi connectivity index (χ2n) is 7.68. The molecule has 0 saturated carbocycles. The molecular formula is C21H23ClN4O3S. The molecule has 1 aliphatic heterocycles. The Balaban J connectivity index is 1.33. The lowest BCUT2D eigenvalue weighted by atomic mass is 10.1. The molecule has 1 aromatic carbocycles. The number of rotatable bonds is 5. The van der Waals surface area contributed by atoms with E-state index in [-0.39, 0.29) is 11.7 Å². The fourth-order valence-electron chi connectivity index (χ4n) is 3.66. The van der Waals surface area contributed by atoms with E-state index in [0.29, 0.717) is 29.2 Å². The lowest BCUT2D eigenvalue weighted by Crippen LogP contribution is -2.48. The molecule has 0 unspecified atom stereocenters. The molecule has 2 aromatic heterocycles. The number of aromatic nitrogens is 2. The predicted molar refractivity (Wildman–Crippen MR) is 116 cm³/mol. The van der Waals surface area contributed by atoms with Gasteiger partial charge in [0.15, 0.2) is 9.84 Å². The van der Waals surface area contributed by atoms with E-state index in [1.54, 1.807) is 24.3 Å². The van der Waals surface area contributed by atoms with Crippen LogP contribution in [0.3, 0.4) is 0 Å². The molecule has 1 aliphatic rings. The van der Waals surface area contributed by atoms with Crippen LogP contribution in [0.1, 0.15) is 21.6 Å². The highest BCUT2D eigenvalue weighted by Gasteiger charge is 2.22. The van der Waals surface area contributed by atoms with Crippen molar-refractivity contribution in [1.82, 2.24) is 19.2 Å². The summed E-state index contributed by atoms with van der Waals surface area (Å²) in [6, 6.07) is 10.5. The molecule has 7 nitrogen and oxygen atoms in total. The van der Waals surface area contributed by atoms with Crippen molar-refractivity contribution >= 4 is 33.0 Å². The maximum absolute atomic E-state index is 12.8. The van der Waals surface area contributed by atoms with Gasteiger partial charge in [0.25, 0.3) is 5.91 Å². The summed E-state index contributed by atoms with van der Waals surface area (Å²) in [6.45, 7) is 3.55. The first-order chi connectivity index (χ1) is 14.3. The van der Waals surface area contributed by atoms with Gasteiger partial charge >= 0.3 is 0 Å². The fourth-order valence-corrected chi connectivity index (χ4v) is 4.63. The average Bonchev–Trinajstić information content (AvgIpc) is 3.08. The van der Waals surface area contributed by atoms with Crippen molar-refractivity contribution in [2.24, 2.45) is 0 Å². The van der Waals surface area contributed by atoms with Crippen molar-refractivity contribution in [1.29, 1.82) is 0 Å². The first-order valence-electron chi connectivity index (χ1n) is 9.68. The second kappa shape index (κ2) is 8.37. The summed E-state index contributed by atoms with van der Waals surface area (Å²) in [4.78, 5) is 21.5. The molecular weight excluding hydrogens is 424 g/mol. The van der Waals surface area contributed by atoms with Crippen LogP contribution in [0.15, 0.2) is 48.8 Å². The minimum Gasteiger partial charge on any atom is -0.336 e. The minimum atomic E-state index is -3.09. The van der Waals surface area contributed by atoms with Crippen LogP contribution in [0, 0.1) is 0 Å². The molecule has 158 valence electrons. The number of sulfone groups is 1. The number of piperazine rings is 1. The van der Waals surface area contributed by atoms with Gasteiger partial charge in [0.2, 0.25) is 0 Å². The molecule has 1 saturated heterocycles. The van der Waals surface area contributed by atoms with Gasteiger partial charge in [0.05, 0.1) is 16.5 Å². The molecule has 4 rings (SSSR count). The normalized spacial score (nSPS) is 15.6. The van der Waals surface area contributed by atoms with E-state index >= 15 is 0 Å². The van der Waals surface area contributed by atoms with Crippen LogP contribution in [-0.2, 0) is 22.1 Å². The van der Waals surface area contributed by atoms with Crippen LogP contribution in [0.4, 0.5) is 0 Å². The average molecular weight is 447 g/mol. The topological polar surface area (TPSA) is 75.0 Å². The SMILES string of the molecule is CS(=O)(=O)Cc1ccc(C(=O)N2CCN(Cc3cn4cc(Cl)ccc4n3)CC2)cc1. The molecule has 0 aliphatic carbocycles. The Labute approximate surface area is 180 Å². The Morgan fingerprint density at radius 3 is 2.40 bits per heavy atom. The quantitative estimate of drug-likeness (QED) is 0.602. The van der Waals surface area contributed by atoms with E-state index in [1.165, 1.54) is 6.26 Å². The first-order valence-corrected chi connectivity index (χ1v) is 12.1. The highest BCUT2D eigenvalue weighted by molar-refractivity contribution is 7.89. The number of nitrogens with zero attached hydrogens (tertiary/aromatic N) is 4. The summed E-state index contributed by atoms with van der Waals surface area (Å²) >= 11 is 6.03. The fraction of sp³-hybridized carbons (Fsp3) is 0.333. The van der Waals surface area contributed by atoms with Crippen molar-refractivity contribution in [3.63, 3.8) is 0 Å². The van der Waals surface area contributed by atoms with E-state index in [9.17, 15) is 13.2 Å². The highest BCUT2D eigenvalue weighted by atomic mass is 35.5. The summed E-state index contributed by atoms with van der Waals surface area (Å²) in [5.41, 5.74) is 3.10.